The van der Waals surface area contributed by atoms with Crippen LogP contribution in [-0.2, 0) is 32.3 Å². The van der Waals surface area contributed by atoms with Gasteiger partial charge in [-0.3, -0.25) is 13.9 Å². The molecule has 38 heavy (non-hydrogen) atoms. The Balaban J connectivity index is 2.55. The summed E-state index contributed by atoms with van der Waals surface area (Å²) in [6.07, 6.45) is -3.45. The fraction of sp³-hybridized carbons (Fsp3) is 0.417. The monoisotopic (exact) mass is 615 g/mol. The number of carbonyl (C=O) groups is 2. The maximum Gasteiger partial charge on any atom is 0.416 e. The first-order valence-corrected chi connectivity index (χ1v) is 14.3. The van der Waals surface area contributed by atoms with Crippen molar-refractivity contribution in [3.05, 3.63) is 62.6 Å². The van der Waals surface area contributed by atoms with Gasteiger partial charge in [-0.25, -0.2) is 8.42 Å². The highest BCUT2D eigenvalue weighted by Gasteiger charge is 2.35. The Morgan fingerprint density at radius 3 is 2.11 bits per heavy atom. The molecule has 0 heterocycles. The number of alkyl halides is 3. The van der Waals surface area contributed by atoms with Gasteiger partial charge in [0.1, 0.15) is 12.6 Å². The van der Waals surface area contributed by atoms with Crippen LogP contribution in [0.3, 0.4) is 0 Å². The number of nitrogens with zero attached hydrogens (tertiary/aromatic N) is 2. The van der Waals surface area contributed by atoms with Gasteiger partial charge in [0.25, 0.3) is 0 Å². The van der Waals surface area contributed by atoms with Gasteiger partial charge in [0.15, 0.2) is 0 Å². The van der Waals surface area contributed by atoms with E-state index in [0.29, 0.717) is 28.4 Å². The Bertz CT molecular complexity index is 1270. The third kappa shape index (κ3) is 8.14. The smallest absolute Gasteiger partial charge is 0.352 e. The number of sulfonamides is 1. The summed E-state index contributed by atoms with van der Waals surface area (Å²) in [5, 5.41) is 2.83. The molecule has 2 amide bonds. The van der Waals surface area contributed by atoms with E-state index in [1.807, 2.05) is 6.92 Å². The van der Waals surface area contributed by atoms with Gasteiger partial charge in [0, 0.05) is 28.2 Å². The van der Waals surface area contributed by atoms with Crippen LogP contribution in [0.15, 0.2) is 36.4 Å². The Morgan fingerprint density at radius 1 is 1.03 bits per heavy atom. The third-order valence-corrected chi connectivity index (χ3v) is 7.93. The molecule has 2 aromatic rings. The normalized spacial score (nSPS) is 13.5. The molecule has 0 aliphatic heterocycles. The van der Waals surface area contributed by atoms with Crippen molar-refractivity contribution in [1.82, 2.24) is 10.2 Å². The molecule has 0 saturated heterocycles. The van der Waals surface area contributed by atoms with Gasteiger partial charge in [-0.2, -0.15) is 13.2 Å². The van der Waals surface area contributed by atoms with Crippen LogP contribution in [-0.4, -0.2) is 50.0 Å². The predicted octanol–water partition coefficient (Wildman–Crippen LogP) is 5.76. The van der Waals surface area contributed by atoms with Gasteiger partial charge in [-0.1, -0.05) is 47.8 Å². The van der Waals surface area contributed by atoms with Gasteiger partial charge in [0.2, 0.25) is 21.8 Å². The summed E-state index contributed by atoms with van der Waals surface area (Å²) in [5.41, 5.74) is -1.39. The molecular formula is C24H27Cl3F3N3O4S. The number of hydrogen-bond acceptors (Lipinski definition) is 4. The van der Waals surface area contributed by atoms with Crippen LogP contribution >= 0.6 is 34.8 Å². The highest BCUT2D eigenvalue weighted by atomic mass is 35.5. The number of anilines is 1. The Labute approximate surface area is 234 Å². The maximum absolute atomic E-state index is 13.6. The van der Waals surface area contributed by atoms with Crippen LogP contribution in [0.25, 0.3) is 0 Å². The molecule has 0 unspecified atom stereocenters. The van der Waals surface area contributed by atoms with Crippen LogP contribution in [0, 0.1) is 0 Å². The zero-order chi connectivity index (χ0) is 29.0. The minimum absolute atomic E-state index is 0.200. The number of hydrogen-bond donors (Lipinski definition) is 1. The lowest BCUT2D eigenvalue weighted by molar-refractivity contribution is -0.139. The standard InChI is InChI=1S/C24H27Cl3F3N3O4S/c1-5-14(2)31-23(35)15(3)32(12-17-18(25)7-6-8-19(17)26)22(34)13-33(38(4,36)37)21-11-16(24(28,29)30)9-10-20(21)27/h6-11,14-15H,5,12-13H2,1-4H3,(H,31,35)/t14-,15-/m1/s1. The Hall–Kier alpha value is -2.21. The molecule has 0 spiro atoms. The van der Waals surface area contributed by atoms with Crippen molar-refractivity contribution in [2.75, 3.05) is 17.1 Å². The number of nitrogens with one attached hydrogen (secondary N) is 1. The summed E-state index contributed by atoms with van der Waals surface area (Å²) < 4.78 is 65.8. The molecule has 0 aromatic heterocycles. The summed E-state index contributed by atoms with van der Waals surface area (Å²) in [6, 6.07) is 5.43. The quantitative estimate of drug-likeness (QED) is 0.368. The van der Waals surface area contributed by atoms with E-state index >= 15 is 0 Å². The Kier molecular flexibility index (Phi) is 10.7. The minimum Gasteiger partial charge on any atom is -0.352 e. The molecular weight excluding hydrogens is 590 g/mol. The lowest BCUT2D eigenvalue weighted by Crippen LogP contribution is -2.52. The van der Waals surface area contributed by atoms with Gasteiger partial charge in [0.05, 0.1) is 22.5 Å². The first-order valence-electron chi connectivity index (χ1n) is 11.3. The minimum atomic E-state index is -4.79. The van der Waals surface area contributed by atoms with E-state index in [9.17, 15) is 31.2 Å². The van der Waals surface area contributed by atoms with Crippen molar-refractivity contribution in [2.24, 2.45) is 0 Å². The van der Waals surface area contributed by atoms with E-state index in [1.54, 1.807) is 13.0 Å². The van der Waals surface area contributed by atoms with Crippen molar-refractivity contribution in [3.8, 4) is 0 Å². The maximum atomic E-state index is 13.6. The van der Waals surface area contributed by atoms with Gasteiger partial charge < -0.3 is 10.2 Å². The fourth-order valence-electron chi connectivity index (χ4n) is 3.38. The molecule has 0 aliphatic carbocycles. The molecule has 0 bridgehead atoms. The molecule has 2 atom stereocenters. The second kappa shape index (κ2) is 12.8. The molecule has 0 saturated carbocycles. The predicted molar refractivity (Wildman–Crippen MR) is 143 cm³/mol. The molecule has 1 N–H and O–H groups in total. The number of carbonyl (C=O) groups excluding carboxylic acids is 2. The molecule has 0 radical (unpaired) electrons. The molecule has 0 aliphatic rings. The first kappa shape index (κ1) is 32.0. The van der Waals surface area contributed by atoms with Crippen molar-refractivity contribution in [1.29, 1.82) is 0 Å². The van der Waals surface area contributed by atoms with E-state index < -0.39 is 51.9 Å². The Morgan fingerprint density at radius 2 is 1.61 bits per heavy atom. The SMILES string of the molecule is CC[C@@H](C)NC(=O)[C@@H](C)N(Cc1c(Cl)cccc1Cl)C(=O)CN(c1cc(C(F)(F)F)ccc1Cl)S(C)(=O)=O. The zero-order valence-corrected chi connectivity index (χ0v) is 24.0. The second-order valence-corrected chi connectivity index (χ2v) is 11.8. The molecule has 2 aromatic carbocycles. The van der Waals surface area contributed by atoms with E-state index in [1.165, 1.54) is 19.1 Å². The number of halogens is 6. The average molecular weight is 617 g/mol. The second-order valence-electron chi connectivity index (χ2n) is 8.65. The molecule has 14 heteroatoms. The number of rotatable bonds is 10. The largest absolute Gasteiger partial charge is 0.416 e. The van der Waals surface area contributed by atoms with Crippen LogP contribution in [0.4, 0.5) is 18.9 Å². The molecule has 2 rings (SSSR count). The lowest BCUT2D eigenvalue weighted by atomic mass is 10.1. The van der Waals surface area contributed by atoms with Gasteiger partial charge >= 0.3 is 6.18 Å². The fourth-order valence-corrected chi connectivity index (χ4v) is 5.02. The molecule has 7 nitrogen and oxygen atoms in total. The third-order valence-electron chi connectivity index (χ3n) is 5.78. The highest BCUT2D eigenvalue weighted by molar-refractivity contribution is 7.92. The summed E-state index contributed by atoms with van der Waals surface area (Å²) in [5.74, 6) is -1.43. The van der Waals surface area contributed by atoms with Crippen molar-refractivity contribution in [2.45, 2.75) is 52.0 Å². The van der Waals surface area contributed by atoms with Crippen molar-refractivity contribution in [3.63, 3.8) is 0 Å². The number of amides is 2. The van der Waals surface area contributed by atoms with E-state index in [2.05, 4.69) is 5.32 Å². The van der Waals surface area contributed by atoms with E-state index in [0.717, 1.165) is 17.2 Å². The van der Waals surface area contributed by atoms with Crippen molar-refractivity contribution >= 4 is 62.3 Å². The summed E-state index contributed by atoms with van der Waals surface area (Å²) >= 11 is 18.6. The summed E-state index contributed by atoms with van der Waals surface area (Å²) in [4.78, 5) is 27.6. The van der Waals surface area contributed by atoms with Gasteiger partial charge in [-0.15, -0.1) is 0 Å². The highest BCUT2D eigenvalue weighted by Crippen LogP contribution is 2.36. The van der Waals surface area contributed by atoms with Gasteiger partial charge in [-0.05, 0) is 50.6 Å². The van der Waals surface area contributed by atoms with Crippen LogP contribution in [0.1, 0.15) is 38.3 Å². The summed E-state index contributed by atoms with van der Waals surface area (Å²) in [7, 11) is -4.31. The molecule has 0 fully saturated rings. The topological polar surface area (TPSA) is 86.8 Å². The zero-order valence-electron chi connectivity index (χ0n) is 20.9. The molecule has 210 valence electrons. The van der Waals surface area contributed by atoms with E-state index in [-0.39, 0.29) is 27.7 Å². The average Bonchev–Trinajstić information content (AvgIpc) is 2.80. The number of benzene rings is 2. The van der Waals surface area contributed by atoms with Crippen LogP contribution in [0.5, 0.6) is 0 Å². The van der Waals surface area contributed by atoms with Crippen molar-refractivity contribution < 1.29 is 31.2 Å². The first-order chi connectivity index (χ1) is 17.5. The lowest BCUT2D eigenvalue weighted by Gasteiger charge is -2.32. The van der Waals surface area contributed by atoms with E-state index in [4.69, 9.17) is 34.8 Å². The van der Waals surface area contributed by atoms with Crippen LogP contribution in [0.2, 0.25) is 15.1 Å². The van der Waals surface area contributed by atoms with Crippen LogP contribution < -0.4 is 9.62 Å². The summed E-state index contributed by atoms with van der Waals surface area (Å²) in [6.45, 7) is 3.83.